The molecule has 0 bridgehead atoms. The number of benzene rings is 1. The summed E-state index contributed by atoms with van der Waals surface area (Å²) in [7, 11) is 1.28. The number of halogens is 2. The molecular formula is C11H13F2NO2. The van der Waals surface area contributed by atoms with Gasteiger partial charge in [0.25, 0.3) is 0 Å². The SMILES string of the molecule is COc1c(OC2(C)CNC2)ccc(F)c1F. The molecule has 1 saturated heterocycles. The second kappa shape index (κ2) is 3.90. The molecule has 88 valence electrons. The van der Waals surface area contributed by atoms with Crippen LogP contribution in [-0.2, 0) is 0 Å². The molecular weight excluding hydrogens is 216 g/mol. The van der Waals surface area contributed by atoms with Crippen LogP contribution in [0.3, 0.4) is 0 Å². The maximum absolute atomic E-state index is 13.4. The zero-order valence-electron chi connectivity index (χ0n) is 9.14. The Morgan fingerprint density at radius 3 is 2.50 bits per heavy atom. The van der Waals surface area contributed by atoms with E-state index in [4.69, 9.17) is 9.47 Å². The molecule has 0 radical (unpaired) electrons. The van der Waals surface area contributed by atoms with Crippen molar-refractivity contribution < 1.29 is 18.3 Å². The van der Waals surface area contributed by atoms with Crippen molar-refractivity contribution in [3.05, 3.63) is 23.8 Å². The summed E-state index contributed by atoms with van der Waals surface area (Å²) >= 11 is 0. The molecule has 5 heteroatoms. The molecule has 1 heterocycles. The fraction of sp³-hybridized carbons (Fsp3) is 0.455. The average Bonchev–Trinajstić information content (AvgIpc) is 2.22. The van der Waals surface area contributed by atoms with Gasteiger partial charge in [0.15, 0.2) is 17.3 Å². The topological polar surface area (TPSA) is 30.5 Å². The van der Waals surface area contributed by atoms with Gasteiger partial charge in [0.05, 0.1) is 7.11 Å². The lowest BCUT2D eigenvalue weighted by atomic mass is 10.00. The van der Waals surface area contributed by atoms with Gasteiger partial charge in [-0.25, -0.2) is 4.39 Å². The van der Waals surface area contributed by atoms with E-state index in [1.165, 1.54) is 13.2 Å². The summed E-state index contributed by atoms with van der Waals surface area (Å²) in [6.07, 6.45) is 0. The molecule has 0 aromatic heterocycles. The van der Waals surface area contributed by atoms with Gasteiger partial charge in [0, 0.05) is 13.1 Å². The van der Waals surface area contributed by atoms with Gasteiger partial charge in [-0.1, -0.05) is 0 Å². The number of rotatable bonds is 3. The van der Waals surface area contributed by atoms with Crippen LogP contribution in [0.1, 0.15) is 6.92 Å². The quantitative estimate of drug-likeness (QED) is 0.856. The van der Waals surface area contributed by atoms with E-state index in [2.05, 4.69) is 5.32 Å². The summed E-state index contributed by atoms with van der Waals surface area (Å²) in [6.45, 7) is 3.24. The van der Waals surface area contributed by atoms with Crippen molar-refractivity contribution in [2.24, 2.45) is 0 Å². The predicted molar refractivity (Wildman–Crippen MR) is 54.8 cm³/mol. The minimum absolute atomic E-state index is 0.187. The Hall–Kier alpha value is -1.36. The number of methoxy groups -OCH3 is 1. The van der Waals surface area contributed by atoms with E-state index in [-0.39, 0.29) is 17.1 Å². The van der Waals surface area contributed by atoms with Crippen LogP contribution in [0.2, 0.25) is 0 Å². The summed E-state index contributed by atoms with van der Waals surface area (Å²) in [5, 5.41) is 3.05. The smallest absolute Gasteiger partial charge is 0.204 e. The van der Waals surface area contributed by atoms with Gasteiger partial charge in [-0.15, -0.1) is 0 Å². The maximum Gasteiger partial charge on any atom is 0.204 e. The van der Waals surface area contributed by atoms with E-state index >= 15 is 0 Å². The molecule has 0 saturated carbocycles. The summed E-state index contributed by atoms with van der Waals surface area (Å²) in [4.78, 5) is 0. The molecule has 0 spiro atoms. The first-order valence-electron chi connectivity index (χ1n) is 4.97. The number of nitrogens with one attached hydrogen (secondary N) is 1. The number of ether oxygens (including phenoxy) is 2. The Bertz CT molecular complexity index is 405. The lowest BCUT2D eigenvalue weighted by Crippen LogP contribution is -2.61. The van der Waals surface area contributed by atoms with Gasteiger partial charge in [-0.2, -0.15) is 4.39 Å². The molecule has 1 aromatic rings. The second-order valence-corrected chi connectivity index (χ2v) is 4.05. The van der Waals surface area contributed by atoms with Crippen LogP contribution in [0.15, 0.2) is 12.1 Å². The van der Waals surface area contributed by atoms with Crippen LogP contribution in [0, 0.1) is 11.6 Å². The van der Waals surface area contributed by atoms with E-state index in [9.17, 15) is 8.78 Å². The normalized spacial score (nSPS) is 17.8. The second-order valence-electron chi connectivity index (χ2n) is 4.05. The molecule has 1 aromatic carbocycles. The minimum Gasteiger partial charge on any atom is -0.490 e. The van der Waals surface area contributed by atoms with Crippen molar-refractivity contribution in [2.75, 3.05) is 20.2 Å². The van der Waals surface area contributed by atoms with Crippen LogP contribution < -0.4 is 14.8 Å². The highest BCUT2D eigenvalue weighted by atomic mass is 19.2. The highest BCUT2D eigenvalue weighted by Gasteiger charge is 2.35. The number of hydrogen-bond acceptors (Lipinski definition) is 3. The van der Waals surface area contributed by atoms with E-state index in [1.807, 2.05) is 6.92 Å². The summed E-state index contributed by atoms with van der Waals surface area (Å²) < 4.78 is 36.7. The molecule has 1 aliphatic heterocycles. The average molecular weight is 229 g/mol. The molecule has 0 aliphatic carbocycles. The Kier molecular flexibility index (Phi) is 2.71. The fourth-order valence-corrected chi connectivity index (χ4v) is 1.60. The van der Waals surface area contributed by atoms with Gasteiger partial charge in [-0.3, -0.25) is 0 Å². The van der Waals surface area contributed by atoms with Gasteiger partial charge in [0.1, 0.15) is 5.60 Å². The Morgan fingerprint density at radius 1 is 1.31 bits per heavy atom. The van der Waals surface area contributed by atoms with Gasteiger partial charge in [0.2, 0.25) is 5.82 Å². The minimum atomic E-state index is -1.02. The van der Waals surface area contributed by atoms with Crippen molar-refractivity contribution in [1.29, 1.82) is 0 Å². The van der Waals surface area contributed by atoms with Crippen molar-refractivity contribution in [1.82, 2.24) is 5.32 Å². The van der Waals surface area contributed by atoms with Crippen LogP contribution >= 0.6 is 0 Å². The Balaban J connectivity index is 2.30. The molecule has 1 N–H and O–H groups in total. The van der Waals surface area contributed by atoms with Gasteiger partial charge >= 0.3 is 0 Å². The molecule has 1 fully saturated rings. The van der Waals surface area contributed by atoms with Crippen LogP contribution in [0.25, 0.3) is 0 Å². The molecule has 1 aliphatic rings. The lowest BCUT2D eigenvalue weighted by Gasteiger charge is -2.39. The molecule has 3 nitrogen and oxygen atoms in total. The maximum atomic E-state index is 13.4. The molecule has 16 heavy (non-hydrogen) atoms. The predicted octanol–water partition coefficient (Wildman–Crippen LogP) is 1.71. The van der Waals surface area contributed by atoms with Crippen molar-refractivity contribution >= 4 is 0 Å². The van der Waals surface area contributed by atoms with E-state index in [1.54, 1.807) is 0 Å². The first kappa shape index (κ1) is 11.1. The third kappa shape index (κ3) is 1.82. The zero-order valence-corrected chi connectivity index (χ0v) is 9.14. The van der Waals surface area contributed by atoms with Crippen molar-refractivity contribution in [3.8, 4) is 11.5 Å². The Morgan fingerprint density at radius 2 is 2.00 bits per heavy atom. The molecule has 0 amide bonds. The van der Waals surface area contributed by atoms with E-state index in [0.29, 0.717) is 13.1 Å². The van der Waals surface area contributed by atoms with Crippen LogP contribution in [0.5, 0.6) is 11.5 Å². The van der Waals surface area contributed by atoms with Gasteiger partial charge < -0.3 is 14.8 Å². The molecule has 0 atom stereocenters. The summed E-state index contributed by atoms with van der Waals surface area (Å²) in [6, 6.07) is 2.41. The molecule has 2 rings (SSSR count). The fourth-order valence-electron chi connectivity index (χ4n) is 1.60. The van der Waals surface area contributed by atoms with E-state index < -0.39 is 11.6 Å². The first-order valence-corrected chi connectivity index (χ1v) is 4.97. The summed E-state index contributed by atoms with van der Waals surface area (Å²) in [5.41, 5.74) is -0.377. The van der Waals surface area contributed by atoms with Crippen molar-refractivity contribution in [2.45, 2.75) is 12.5 Å². The standard InChI is InChI=1S/C11H13F2NO2/c1-11(5-14-6-11)16-8-4-3-7(12)9(13)10(8)15-2/h3-4,14H,5-6H2,1-2H3. The third-order valence-electron chi connectivity index (χ3n) is 2.57. The van der Waals surface area contributed by atoms with Crippen LogP contribution in [0.4, 0.5) is 8.78 Å². The Labute approximate surface area is 92.4 Å². The monoisotopic (exact) mass is 229 g/mol. The third-order valence-corrected chi connectivity index (χ3v) is 2.57. The zero-order chi connectivity index (χ0) is 11.8. The highest BCUT2D eigenvalue weighted by molar-refractivity contribution is 5.42. The lowest BCUT2D eigenvalue weighted by molar-refractivity contribution is 0.0317. The molecule has 0 unspecified atom stereocenters. The first-order chi connectivity index (χ1) is 7.56. The van der Waals surface area contributed by atoms with Gasteiger partial charge in [-0.05, 0) is 19.1 Å². The van der Waals surface area contributed by atoms with Crippen LogP contribution in [-0.4, -0.2) is 25.8 Å². The largest absolute Gasteiger partial charge is 0.490 e. The van der Waals surface area contributed by atoms with Crippen molar-refractivity contribution in [3.63, 3.8) is 0 Å². The number of hydrogen-bond donors (Lipinski definition) is 1. The summed E-state index contributed by atoms with van der Waals surface area (Å²) in [5.74, 6) is -1.92. The highest BCUT2D eigenvalue weighted by Crippen LogP contribution is 2.34. The van der Waals surface area contributed by atoms with E-state index in [0.717, 1.165) is 6.07 Å².